The Bertz CT molecular complexity index is 635. The number of carboxylic acid groups (broad SMARTS) is 1. The molecule has 0 aromatic rings. The van der Waals surface area contributed by atoms with Crippen molar-refractivity contribution in [3.8, 4) is 0 Å². The molecule has 2 aliphatic heterocycles. The predicted molar refractivity (Wildman–Crippen MR) is 84.1 cm³/mol. The third-order valence-electron chi connectivity index (χ3n) is 4.16. The van der Waals surface area contributed by atoms with E-state index in [1.807, 2.05) is 0 Å². The molecule has 1 saturated heterocycles. The van der Waals surface area contributed by atoms with Crippen LogP contribution in [-0.2, 0) is 28.6 Å². The Labute approximate surface area is 145 Å². The SMILES string of the molecule is C=C(C)C(=O)O[C@]12C=C[C@H](O1)[C@H](C(=O)O)[C@@H]2C(=O)OCC(C)(C)CO. The quantitative estimate of drug-likeness (QED) is 0.388. The van der Waals surface area contributed by atoms with Crippen LogP contribution in [0.25, 0.3) is 0 Å². The Balaban J connectivity index is 2.27. The van der Waals surface area contributed by atoms with Gasteiger partial charge in [0.1, 0.15) is 11.8 Å². The fourth-order valence-corrected chi connectivity index (χ4v) is 2.68. The second kappa shape index (κ2) is 6.61. The molecule has 8 heteroatoms. The van der Waals surface area contributed by atoms with Gasteiger partial charge in [0.05, 0.1) is 19.3 Å². The molecule has 1 fully saturated rings. The molecule has 0 radical (unpaired) electrons. The molecule has 2 bridgehead atoms. The standard InChI is InChI=1S/C17H22O8/c1-9(2)14(21)25-17-6-5-10(24-17)11(13(19)20)12(17)15(22)23-8-16(3,4)7-18/h5-6,10-12,18H,1,7-8H2,2-4H3,(H,19,20)/t10-,11-,12+,17-/m0/s1. The molecule has 0 aliphatic carbocycles. The molecule has 0 aromatic heterocycles. The van der Waals surface area contributed by atoms with E-state index in [1.165, 1.54) is 19.1 Å². The van der Waals surface area contributed by atoms with Crippen LogP contribution in [0.3, 0.4) is 0 Å². The van der Waals surface area contributed by atoms with Crippen molar-refractivity contribution < 1.29 is 38.8 Å². The molecule has 2 rings (SSSR count). The second-order valence-electron chi connectivity index (χ2n) is 7.10. The van der Waals surface area contributed by atoms with Crippen molar-refractivity contribution in [3.63, 3.8) is 0 Å². The largest absolute Gasteiger partial charge is 0.481 e. The summed E-state index contributed by atoms with van der Waals surface area (Å²) < 4.78 is 16.0. The maximum absolute atomic E-state index is 12.6. The first-order valence-corrected chi connectivity index (χ1v) is 7.79. The zero-order chi connectivity index (χ0) is 19.0. The van der Waals surface area contributed by atoms with Crippen LogP contribution in [0, 0.1) is 17.3 Å². The number of esters is 2. The number of hydrogen-bond acceptors (Lipinski definition) is 7. The molecule has 4 atom stereocenters. The molecule has 2 heterocycles. The summed E-state index contributed by atoms with van der Waals surface area (Å²) in [5.41, 5.74) is -0.605. The van der Waals surface area contributed by atoms with Crippen LogP contribution < -0.4 is 0 Å². The molecule has 8 nitrogen and oxygen atoms in total. The normalized spacial score (nSPS) is 30.2. The first-order valence-electron chi connectivity index (χ1n) is 7.79. The molecule has 0 aromatic carbocycles. The minimum absolute atomic E-state index is 0.0853. The van der Waals surface area contributed by atoms with E-state index in [9.17, 15) is 24.6 Å². The lowest BCUT2D eigenvalue weighted by molar-refractivity contribution is -0.208. The number of carbonyl (C=O) groups excluding carboxylic acids is 2. The van der Waals surface area contributed by atoms with Crippen molar-refractivity contribution in [1.82, 2.24) is 0 Å². The number of aliphatic carboxylic acids is 1. The van der Waals surface area contributed by atoms with Crippen molar-refractivity contribution in [1.29, 1.82) is 0 Å². The summed E-state index contributed by atoms with van der Waals surface area (Å²) in [6, 6.07) is 0. The number of fused-ring (bicyclic) bond motifs is 2. The third-order valence-corrected chi connectivity index (χ3v) is 4.16. The number of carboxylic acids is 1. The molecular formula is C17H22O8. The fourth-order valence-electron chi connectivity index (χ4n) is 2.68. The summed E-state index contributed by atoms with van der Waals surface area (Å²) in [6.45, 7) is 7.92. The number of aliphatic hydroxyl groups excluding tert-OH is 1. The zero-order valence-corrected chi connectivity index (χ0v) is 14.4. The zero-order valence-electron chi connectivity index (χ0n) is 14.4. The van der Waals surface area contributed by atoms with Gasteiger partial charge in [0.15, 0.2) is 0 Å². The average Bonchev–Trinajstić information content (AvgIpc) is 3.08. The fraction of sp³-hybridized carbons (Fsp3) is 0.588. The van der Waals surface area contributed by atoms with Crippen LogP contribution in [0.15, 0.2) is 24.3 Å². The van der Waals surface area contributed by atoms with Crippen LogP contribution in [-0.4, -0.2) is 53.2 Å². The highest BCUT2D eigenvalue weighted by Gasteiger charge is 2.65. The first kappa shape index (κ1) is 19.1. The third kappa shape index (κ3) is 3.59. The van der Waals surface area contributed by atoms with E-state index in [-0.39, 0.29) is 18.8 Å². The topological polar surface area (TPSA) is 119 Å². The van der Waals surface area contributed by atoms with E-state index >= 15 is 0 Å². The lowest BCUT2D eigenvalue weighted by atomic mass is 9.81. The van der Waals surface area contributed by atoms with Crippen LogP contribution in [0.4, 0.5) is 0 Å². The Morgan fingerprint density at radius 3 is 2.52 bits per heavy atom. The van der Waals surface area contributed by atoms with Crippen molar-refractivity contribution in [2.75, 3.05) is 13.2 Å². The van der Waals surface area contributed by atoms with Gasteiger partial charge in [-0.3, -0.25) is 9.59 Å². The Kier molecular flexibility index (Phi) is 5.06. The van der Waals surface area contributed by atoms with Gasteiger partial charge in [-0.1, -0.05) is 26.5 Å². The molecule has 25 heavy (non-hydrogen) atoms. The van der Waals surface area contributed by atoms with E-state index in [2.05, 4.69) is 6.58 Å². The highest BCUT2D eigenvalue weighted by atomic mass is 16.7. The number of carbonyl (C=O) groups is 3. The van der Waals surface area contributed by atoms with Crippen molar-refractivity contribution >= 4 is 17.9 Å². The molecule has 0 unspecified atom stereocenters. The Hall–Kier alpha value is -2.19. The van der Waals surface area contributed by atoms with Gasteiger partial charge in [-0.2, -0.15) is 0 Å². The summed E-state index contributed by atoms with van der Waals surface area (Å²) in [6.07, 6.45) is 1.91. The lowest BCUT2D eigenvalue weighted by Crippen LogP contribution is -2.47. The van der Waals surface area contributed by atoms with Crippen LogP contribution in [0.2, 0.25) is 0 Å². The molecule has 2 aliphatic rings. The summed E-state index contributed by atoms with van der Waals surface area (Å²) in [5, 5.41) is 18.7. The smallest absolute Gasteiger partial charge is 0.335 e. The van der Waals surface area contributed by atoms with E-state index in [4.69, 9.17) is 14.2 Å². The minimum atomic E-state index is -1.83. The maximum Gasteiger partial charge on any atom is 0.335 e. The van der Waals surface area contributed by atoms with E-state index in [1.54, 1.807) is 13.8 Å². The first-order chi connectivity index (χ1) is 11.5. The van der Waals surface area contributed by atoms with Crippen molar-refractivity contribution in [2.24, 2.45) is 17.3 Å². The lowest BCUT2D eigenvalue weighted by Gasteiger charge is -2.31. The highest BCUT2D eigenvalue weighted by molar-refractivity contribution is 5.89. The van der Waals surface area contributed by atoms with E-state index in [0.717, 1.165) is 0 Å². The Morgan fingerprint density at radius 2 is 2.00 bits per heavy atom. The number of rotatable bonds is 7. The van der Waals surface area contributed by atoms with Gasteiger partial charge in [0.2, 0.25) is 5.79 Å². The van der Waals surface area contributed by atoms with E-state index < -0.39 is 47.0 Å². The van der Waals surface area contributed by atoms with E-state index in [0.29, 0.717) is 0 Å². The summed E-state index contributed by atoms with van der Waals surface area (Å²) in [4.78, 5) is 36.1. The molecule has 2 N–H and O–H groups in total. The summed E-state index contributed by atoms with van der Waals surface area (Å²) in [7, 11) is 0. The summed E-state index contributed by atoms with van der Waals surface area (Å²) in [5.74, 6) is -7.35. The Morgan fingerprint density at radius 1 is 1.36 bits per heavy atom. The van der Waals surface area contributed by atoms with Gasteiger partial charge < -0.3 is 24.4 Å². The van der Waals surface area contributed by atoms with Crippen molar-refractivity contribution in [3.05, 3.63) is 24.3 Å². The van der Waals surface area contributed by atoms with Crippen molar-refractivity contribution in [2.45, 2.75) is 32.7 Å². The molecule has 138 valence electrons. The number of ether oxygens (including phenoxy) is 3. The minimum Gasteiger partial charge on any atom is -0.481 e. The number of hydrogen-bond donors (Lipinski definition) is 2. The van der Waals surface area contributed by atoms with Gasteiger partial charge >= 0.3 is 17.9 Å². The molecule has 0 saturated carbocycles. The van der Waals surface area contributed by atoms with Gasteiger partial charge in [-0.25, -0.2) is 4.79 Å². The average molecular weight is 354 g/mol. The highest BCUT2D eigenvalue weighted by Crippen LogP contribution is 2.49. The van der Waals surface area contributed by atoms with Gasteiger partial charge in [-0.15, -0.1) is 0 Å². The van der Waals surface area contributed by atoms with Crippen LogP contribution >= 0.6 is 0 Å². The van der Waals surface area contributed by atoms with Crippen LogP contribution in [0.1, 0.15) is 20.8 Å². The van der Waals surface area contributed by atoms with Gasteiger partial charge in [0, 0.05) is 11.0 Å². The molecule has 0 spiro atoms. The molecule has 0 amide bonds. The van der Waals surface area contributed by atoms with Crippen LogP contribution in [0.5, 0.6) is 0 Å². The van der Waals surface area contributed by atoms with Gasteiger partial charge in [0.25, 0.3) is 0 Å². The second-order valence-corrected chi connectivity index (χ2v) is 7.10. The monoisotopic (exact) mass is 354 g/mol. The summed E-state index contributed by atoms with van der Waals surface area (Å²) >= 11 is 0. The predicted octanol–water partition coefficient (Wildman–Crippen LogP) is 0.649. The van der Waals surface area contributed by atoms with Gasteiger partial charge in [-0.05, 0) is 13.0 Å². The molecular weight excluding hydrogens is 332 g/mol. The maximum atomic E-state index is 12.6. The number of aliphatic hydroxyl groups is 1.